The fraction of sp³-hybridized carbons (Fsp3) is 0.474. The van der Waals surface area contributed by atoms with Crippen molar-refractivity contribution in [1.82, 2.24) is 14.1 Å². The number of aryl methyl sites for hydroxylation is 3. The summed E-state index contributed by atoms with van der Waals surface area (Å²) >= 11 is 0. The van der Waals surface area contributed by atoms with E-state index in [1.165, 1.54) is 4.31 Å². The molecule has 1 unspecified atom stereocenters. The number of hydrogen-bond acceptors (Lipinski definition) is 4. The predicted molar refractivity (Wildman–Crippen MR) is 102 cm³/mol. The van der Waals surface area contributed by atoms with E-state index in [-0.39, 0.29) is 5.91 Å². The maximum absolute atomic E-state index is 13.5. The second kappa shape index (κ2) is 6.45. The molecule has 8 heteroatoms. The zero-order valence-electron chi connectivity index (χ0n) is 15.8. The number of amides is 1. The summed E-state index contributed by atoms with van der Waals surface area (Å²) in [7, 11) is -3.74. The molecular formula is C19H24N4O3S. The second-order valence-corrected chi connectivity index (χ2v) is 9.23. The third-order valence-electron chi connectivity index (χ3n) is 5.43. The van der Waals surface area contributed by atoms with Gasteiger partial charge in [0.05, 0.1) is 17.6 Å². The van der Waals surface area contributed by atoms with Crippen LogP contribution in [0.15, 0.2) is 29.3 Å². The van der Waals surface area contributed by atoms with Crippen molar-refractivity contribution in [2.75, 3.05) is 18.0 Å². The van der Waals surface area contributed by atoms with Gasteiger partial charge < -0.3 is 0 Å². The Morgan fingerprint density at radius 2 is 1.81 bits per heavy atom. The van der Waals surface area contributed by atoms with E-state index in [1.54, 1.807) is 21.8 Å². The van der Waals surface area contributed by atoms with Crippen molar-refractivity contribution in [2.45, 2.75) is 51.1 Å². The zero-order chi connectivity index (χ0) is 19.3. The molecule has 1 saturated heterocycles. The van der Waals surface area contributed by atoms with Crippen LogP contribution in [0.2, 0.25) is 0 Å². The average molecular weight is 388 g/mol. The van der Waals surface area contributed by atoms with Crippen LogP contribution in [0.1, 0.15) is 29.5 Å². The molecule has 2 aliphatic heterocycles. The van der Waals surface area contributed by atoms with Gasteiger partial charge in [-0.1, -0.05) is 17.7 Å². The molecule has 27 heavy (non-hydrogen) atoms. The summed E-state index contributed by atoms with van der Waals surface area (Å²) < 4.78 is 30.1. The van der Waals surface area contributed by atoms with Gasteiger partial charge in [-0.25, -0.2) is 13.1 Å². The lowest BCUT2D eigenvalue weighted by Gasteiger charge is -2.28. The van der Waals surface area contributed by atoms with Crippen LogP contribution in [0.3, 0.4) is 0 Å². The number of fused-ring (bicyclic) bond motifs is 1. The summed E-state index contributed by atoms with van der Waals surface area (Å²) in [5.74, 6) is 0.588. The molecule has 1 fully saturated rings. The number of nitrogens with zero attached hydrogens (tertiary/aromatic N) is 4. The van der Waals surface area contributed by atoms with Gasteiger partial charge in [0.15, 0.2) is 0 Å². The van der Waals surface area contributed by atoms with Crippen LogP contribution in [-0.4, -0.2) is 47.5 Å². The van der Waals surface area contributed by atoms with Crippen molar-refractivity contribution >= 4 is 21.7 Å². The van der Waals surface area contributed by atoms with Crippen LogP contribution in [0.5, 0.6) is 0 Å². The van der Waals surface area contributed by atoms with Gasteiger partial charge in [0.2, 0.25) is 15.9 Å². The van der Waals surface area contributed by atoms with E-state index in [0.29, 0.717) is 37.4 Å². The molecule has 3 heterocycles. The first-order valence-corrected chi connectivity index (χ1v) is 10.7. The van der Waals surface area contributed by atoms with E-state index in [0.717, 1.165) is 22.5 Å². The minimum Gasteiger partial charge on any atom is -0.294 e. The van der Waals surface area contributed by atoms with Crippen LogP contribution < -0.4 is 4.90 Å². The van der Waals surface area contributed by atoms with Gasteiger partial charge >= 0.3 is 0 Å². The summed E-state index contributed by atoms with van der Waals surface area (Å²) in [6, 6.07) is 4.90. The highest BCUT2D eigenvalue weighted by molar-refractivity contribution is 7.89. The summed E-state index contributed by atoms with van der Waals surface area (Å²) in [5.41, 5.74) is 2.48. The van der Waals surface area contributed by atoms with Crippen molar-refractivity contribution in [2.24, 2.45) is 0 Å². The maximum atomic E-state index is 13.5. The Kier molecular flexibility index (Phi) is 4.35. The highest BCUT2D eigenvalue weighted by Gasteiger charge is 2.43. The maximum Gasteiger partial charge on any atom is 0.246 e. The zero-order valence-corrected chi connectivity index (χ0v) is 16.7. The first-order valence-electron chi connectivity index (χ1n) is 9.23. The lowest BCUT2D eigenvalue weighted by molar-refractivity contribution is -0.121. The molecule has 0 N–H and O–H groups in total. The van der Waals surface area contributed by atoms with Gasteiger partial charge in [-0.05, 0) is 44.7 Å². The van der Waals surface area contributed by atoms with E-state index >= 15 is 0 Å². The molecule has 2 aromatic rings. The van der Waals surface area contributed by atoms with Gasteiger partial charge in [0.1, 0.15) is 11.9 Å². The molecule has 7 nitrogen and oxygen atoms in total. The second-order valence-electron chi connectivity index (χ2n) is 7.40. The lowest BCUT2D eigenvalue weighted by atomic mass is 10.1. The molecule has 1 atom stereocenters. The van der Waals surface area contributed by atoms with Gasteiger partial charge in [-0.2, -0.15) is 9.40 Å². The molecule has 4 rings (SSSR count). The summed E-state index contributed by atoms with van der Waals surface area (Å²) in [4.78, 5) is 15.2. The van der Waals surface area contributed by atoms with Gasteiger partial charge in [0.25, 0.3) is 0 Å². The molecule has 0 aliphatic carbocycles. The first kappa shape index (κ1) is 18.2. The highest BCUT2D eigenvalue weighted by Crippen LogP contribution is 2.32. The highest BCUT2D eigenvalue weighted by atomic mass is 32.2. The molecule has 1 aromatic carbocycles. The minimum absolute atomic E-state index is 0.155. The largest absolute Gasteiger partial charge is 0.294 e. The van der Waals surface area contributed by atoms with E-state index in [9.17, 15) is 13.2 Å². The Morgan fingerprint density at radius 1 is 1.11 bits per heavy atom. The Balaban J connectivity index is 1.68. The Morgan fingerprint density at radius 3 is 2.52 bits per heavy atom. The summed E-state index contributed by atoms with van der Waals surface area (Å²) in [6.45, 7) is 7.14. The van der Waals surface area contributed by atoms with Crippen molar-refractivity contribution in [3.8, 4) is 0 Å². The number of benzene rings is 1. The topological polar surface area (TPSA) is 75.5 Å². The van der Waals surface area contributed by atoms with E-state index < -0.39 is 16.1 Å². The molecule has 0 spiro atoms. The third-order valence-corrected chi connectivity index (χ3v) is 7.65. The molecule has 0 radical (unpaired) electrons. The lowest BCUT2D eigenvalue weighted by Crippen LogP contribution is -2.47. The summed E-state index contributed by atoms with van der Waals surface area (Å²) in [5, 5.41) is 4.19. The van der Waals surface area contributed by atoms with Crippen LogP contribution in [0.4, 0.5) is 5.82 Å². The van der Waals surface area contributed by atoms with Crippen molar-refractivity contribution in [1.29, 1.82) is 0 Å². The Bertz CT molecular complexity index is 989. The number of carbonyl (C=O) groups is 1. The van der Waals surface area contributed by atoms with Crippen LogP contribution in [0.25, 0.3) is 0 Å². The van der Waals surface area contributed by atoms with E-state index in [4.69, 9.17) is 0 Å². The van der Waals surface area contributed by atoms with Crippen molar-refractivity contribution in [3.05, 3.63) is 41.1 Å². The molecule has 1 aromatic heterocycles. The molecule has 1 amide bonds. The molecule has 0 bridgehead atoms. The van der Waals surface area contributed by atoms with E-state index in [1.807, 2.05) is 32.9 Å². The number of sulfonamides is 1. The van der Waals surface area contributed by atoms with Crippen molar-refractivity contribution < 1.29 is 13.2 Å². The fourth-order valence-corrected chi connectivity index (χ4v) is 6.47. The van der Waals surface area contributed by atoms with Crippen LogP contribution in [0, 0.1) is 20.8 Å². The SMILES string of the molecule is Cc1cc(C)c(S(=O)(=O)N2CCCC2C(=O)N2CCn3nccc32)c(C)c1. The monoisotopic (exact) mass is 388 g/mol. The first-order chi connectivity index (χ1) is 12.8. The predicted octanol–water partition coefficient (Wildman–Crippen LogP) is 2.01. The average Bonchev–Trinajstić information content (AvgIpc) is 3.29. The normalized spacial score (nSPS) is 20.3. The Hall–Kier alpha value is -2.19. The smallest absolute Gasteiger partial charge is 0.246 e. The van der Waals surface area contributed by atoms with Crippen LogP contribution in [-0.2, 0) is 21.4 Å². The van der Waals surface area contributed by atoms with E-state index in [2.05, 4.69) is 5.10 Å². The molecular weight excluding hydrogens is 364 g/mol. The van der Waals surface area contributed by atoms with Gasteiger partial charge in [0, 0.05) is 19.2 Å². The number of hydrogen-bond donors (Lipinski definition) is 0. The fourth-order valence-electron chi connectivity index (χ4n) is 4.41. The molecule has 0 saturated carbocycles. The number of aromatic nitrogens is 2. The van der Waals surface area contributed by atoms with Crippen molar-refractivity contribution in [3.63, 3.8) is 0 Å². The molecule has 144 valence electrons. The minimum atomic E-state index is -3.74. The number of rotatable bonds is 3. The quantitative estimate of drug-likeness (QED) is 0.806. The Labute approximate surface area is 159 Å². The third kappa shape index (κ3) is 2.87. The number of anilines is 1. The standard InChI is InChI=1S/C19H24N4O3S/c1-13-11-14(2)18(15(3)12-13)27(25,26)23-8-4-5-16(23)19(24)21-9-10-22-17(21)6-7-20-22/h6-7,11-12,16H,4-5,8-10H2,1-3H3. The number of carbonyl (C=O) groups excluding carboxylic acids is 1. The summed E-state index contributed by atoms with van der Waals surface area (Å²) in [6.07, 6.45) is 2.90. The van der Waals surface area contributed by atoms with Gasteiger partial charge in [-0.15, -0.1) is 0 Å². The molecule has 2 aliphatic rings. The van der Waals surface area contributed by atoms with Gasteiger partial charge in [-0.3, -0.25) is 9.69 Å². The van der Waals surface area contributed by atoms with Crippen LogP contribution >= 0.6 is 0 Å².